The summed E-state index contributed by atoms with van der Waals surface area (Å²) >= 11 is 0. The lowest BCUT2D eigenvalue weighted by atomic mass is 10.1. The fourth-order valence-electron chi connectivity index (χ4n) is 5.16. The van der Waals surface area contributed by atoms with E-state index in [-0.39, 0.29) is 11.8 Å². The quantitative estimate of drug-likeness (QED) is 0.362. The van der Waals surface area contributed by atoms with E-state index in [2.05, 4.69) is 10.6 Å². The molecule has 10 heteroatoms. The molecule has 0 bridgehead atoms. The van der Waals surface area contributed by atoms with E-state index >= 15 is 0 Å². The number of carbonyl (C=O) groups is 4. The van der Waals surface area contributed by atoms with E-state index in [9.17, 15) is 19.2 Å². The van der Waals surface area contributed by atoms with Crippen LogP contribution in [0.25, 0.3) is 12.2 Å². The third-order valence-electron chi connectivity index (χ3n) is 7.19. The molecule has 2 N–H and O–H groups in total. The Hall–Kier alpha value is -4.34. The molecule has 10 nitrogen and oxygen atoms in total. The Kier molecular flexibility index (Phi) is 10.0. The standard InChI is InChI=1S/C34H44N4O6/c1-33(2,3)43-31(41)37-21-7-9-27(37)29(39)35-25-17-13-23(14-18-25)11-12-24-15-19-26(20-16-24)36-30(40)28-10-8-22-38(28)32(42)44-34(4,5)6/h11-20,27-28H,7-10,21-22H2,1-6H3,(H,35,39)(H,36,40)/b12-11-/t27-,28-/m0/s1. The van der Waals surface area contributed by atoms with Crippen LogP contribution in [-0.4, -0.2) is 70.2 Å². The van der Waals surface area contributed by atoms with Gasteiger partial charge in [-0.15, -0.1) is 0 Å². The second-order valence-electron chi connectivity index (χ2n) is 13.2. The number of rotatable bonds is 6. The van der Waals surface area contributed by atoms with Gasteiger partial charge in [-0.05, 0) is 103 Å². The summed E-state index contributed by atoms with van der Waals surface area (Å²) in [6.07, 6.45) is 5.67. The number of nitrogens with one attached hydrogen (secondary N) is 2. The zero-order valence-corrected chi connectivity index (χ0v) is 26.5. The van der Waals surface area contributed by atoms with Gasteiger partial charge in [-0.2, -0.15) is 0 Å². The fraction of sp³-hybridized carbons (Fsp3) is 0.471. The lowest BCUT2D eigenvalue weighted by molar-refractivity contribution is -0.121. The van der Waals surface area contributed by atoms with Gasteiger partial charge in [-0.1, -0.05) is 36.4 Å². The number of likely N-dealkylation sites (tertiary alicyclic amines) is 2. The normalized spacial score (nSPS) is 18.8. The first kappa shape index (κ1) is 32.6. The summed E-state index contributed by atoms with van der Waals surface area (Å²) in [6, 6.07) is 13.8. The van der Waals surface area contributed by atoms with Gasteiger partial charge in [0.05, 0.1) is 0 Å². The zero-order valence-electron chi connectivity index (χ0n) is 26.5. The Morgan fingerprint density at radius 3 is 1.30 bits per heavy atom. The summed E-state index contributed by atoms with van der Waals surface area (Å²) in [5, 5.41) is 5.83. The molecule has 2 saturated heterocycles. The molecule has 4 rings (SSSR count). The van der Waals surface area contributed by atoms with Crippen molar-refractivity contribution in [2.75, 3.05) is 23.7 Å². The Labute approximate surface area is 259 Å². The molecule has 2 aromatic rings. The van der Waals surface area contributed by atoms with Crippen LogP contribution in [0.2, 0.25) is 0 Å². The first-order chi connectivity index (χ1) is 20.7. The van der Waals surface area contributed by atoms with Crippen molar-refractivity contribution >= 4 is 47.5 Å². The molecule has 2 atom stereocenters. The topological polar surface area (TPSA) is 117 Å². The van der Waals surface area contributed by atoms with E-state index in [4.69, 9.17) is 9.47 Å². The number of carbonyl (C=O) groups excluding carboxylic acids is 4. The average Bonchev–Trinajstić information content (AvgIpc) is 3.62. The number of ether oxygens (including phenoxy) is 2. The van der Waals surface area contributed by atoms with Crippen LogP contribution >= 0.6 is 0 Å². The summed E-state index contributed by atoms with van der Waals surface area (Å²) < 4.78 is 10.9. The van der Waals surface area contributed by atoms with Crippen LogP contribution in [0, 0.1) is 0 Å². The number of anilines is 2. The van der Waals surface area contributed by atoms with Crippen LogP contribution in [0.1, 0.15) is 78.4 Å². The molecule has 0 unspecified atom stereocenters. The van der Waals surface area contributed by atoms with Crippen LogP contribution in [0.5, 0.6) is 0 Å². The van der Waals surface area contributed by atoms with E-state index in [0.717, 1.165) is 24.0 Å². The van der Waals surface area contributed by atoms with Gasteiger partial charge in [0.25, 0.3) is 0 Å². The molecule has 0 saturated carbocycles. The third-order valence-corrected chi connectivity index (χ3v) is 7.19. The summed E-state index contributed by atoms with van der Waals surface area (Å²) in [5.74, 6) is -0.455. The molecule has 2 fully saturated rings. The molecular weight excluding hydrogens is 560 g/mol. The number of benzene rings is 2. The van der Waals surface area contributed by atoms with E-state index in [1.165, 1.54) is 9.80 Å². The molecule has 2 aromatic carbocycles. The van der Waals surface area contributed by atoms with E-state index in [1.807, 2.05) is 102 Å². The molecule has 0 aliphatic carbocycles. The van der Waals surface area contributed by atoms with Crippen LogP contribution in [0.4, 0.5) is 21.0 Å². The largest absolute Gasteiger partial charge is 0.444 e. The number of amides is 4. The van der Waals surface area contributed by atoms with Gasteiger partial charge >= 0.3 is 12.2 Å². The maximum absolute atomic E-state index is 12.9. The summed E-state index contributed by atoms with van der Waals surface area (Å²) in [6.45, 7) is 11.8. The van der Waals surface area contributed by atoms with Crippen molar-refractivity contribution in [2.24, 2.45) is 0 Å². The van der Waals surface area contributed by atoms with Crippen LogP contribution in [0.3, 0.4) is 0 Å². The van der Waals surface area contributed by atoms with Gasteiger partial charge in [-0.3, -0.25) is 19.4 Å². The van der Waals surface area contributed by atoms with Crippen LogP contribution in [-0.2, 0) is 19.1 Å². The van der Waals surface area contributed by atoms with Crippen LogP contribution in [0.15, 0.2) is 48.5 Å². The first-order valence-corrected chi connectivity index (χ1v) is 15.2. The highest BCUT2D eigenvalue weighted by molar-refractivity contribution is 5.97. The number of nitrogens with zero attached hydrogens (tertiary/aromatic N) is 2. The first-order valence-electron chi connectivity index (χ1n) is 15.2. The molecule has 2 heterocycles. The summed E-state index contributed by atoms with van der Waals surface area (Å²) in [5.41, 5.74) is 1.95. The number of hydrogen-bond donors (Lipinski definition) is 2. The highest BCUT2D eigenvalue weighted by Crippen LogP contribution is 2.24. The SMILES string of the molecule is CC(C)(C)OC(=O)N1CCC[C@H]1C(=O)Nc1ccc(/C=C\c2ccc(NC(=O)[C@@H]3CCCN3C(=O)OC(C)(C)C)cc2)cc1. The molecule has 0 radical (unpaired) electrons. The fourth-order valence-corrected chi connectivity index (χ4v) is 5.16. The number of hydrogen-bond acceptors (Lipinski definition) is 6. The minimum atomic E-state index is -0.621. The van der Waals surface area contributed by atoms with Crippen molar-refractivity contribution in [3.05, 3.63) is 59.7 Å². The van der Waals surface area contributed by atoms with Gasteiger partial charge in [0.15, 0.2) is 0 Å². The van der Waals surface area contributed by atoms with Gasteiger partial charge in [-0.25, -0.2) is 9.59 Å². The van der Waals surface area contributed by atoms with Gasteiger partial charge in [0.1, 0.15) is 23.3 Å². The predicted octanol–water partition coefficient (Wildman–Crippen LogP) is 6.53. The highest BCUT2D eigenvalue weighted by Gasteiger charge is 2.37. The predicted molar refractivity (Wildman–Crippen MR) is 171 cm³/mol. The van der Waals surface area contributed by atoms with Gasteiger partial charge in [0.2, 0.25) is 11.8 Å². The van der Waals surface area contributed by atoms with E-state index < -0.39 is 35.5 Å². The van der Waals surface area contributed by atoms with Crippen molar-refractivity contribution in [3.63, 3.8) is 0 Å². The monoisotopic (exact) mass is 604 g/mol. The second kappa shape index (κ2) is 13.5. The van der Waals surface area contributed by atoms with Crippen LogP contribution < -0.4 is 10.6 Å². The van der Waals surface area contributed by atoms with Gasteiger partial charge in [0, 0.05) is 24.5 Å². The summed E-state index contributed by atoms with van der Waals surface area (Å²) in [7, 11) is 0. The zero-order chi connectivity index (χ0) is 32.1. The van der Waals surface area contributed by atoms with E-state index in [0.29, 0.717) is 37.3 Å². The van der Waals surface area contributed by atoms with Crippen molar-refractivity contribution in [3.8, 4) is 0 Å². The van der Waals surface area contributed by atoms with E-state index in [1.54, 1.807) is 0 Å². The summed E-state index contributed by atoms with van der Waals surface area (Å²) in [4.78, 5) is 53.9. The minimum Gasteiger partial charge on any atom is -0.444 e. The Bertz CT molecular complexity index is 1270. The van der Waals surface area contributed by atoms with Crippen molar-refractivity contribution < 1.29 is 28.7 Å². The highest BCUT2D eigenvalue weighted by atomic mass is 16.6. The molecule has 0 spiro atoms. The lowest BCUT2D eigenvalue weighted by Crippen LogP contribution is -2.45. The van der Waals surface area contributed by atoms with Crippen molar-refractivity contribution in [2.45, 2.75) is 90.5 Å². The molecular formula is C34H44N4O6. The molecule has 4 amide bonds. The van der Waals surface area contributed by atoms with Crippen molar-refractivity contribution in [1.82, 2.24) is 9.80 Å². The maximum atomic E-state index is 12.9. The Morgan fingerprint density at radius 1 is 0.636 bits per heavy atom. The molecule has 236 valence electrons. The second-order valence-corrected chi connectivity index (χ2v) is 13.2. The van der Waals surface area contributed by atoms with Gasteiger partial charge < -0.3 is 20.1 Å². The molecule has 0 aromatic heterocycles. The van der Waals surface area contributed by atoms with Crippen molar-refractivity contribution in [1.29, 1.82) is 0 Å². The Balaban J connectivity index is 1.29. The third kappa shape index (κ3) is 9.08. The average molecular weight is 605 g/mol. The Morgan fingerprint density at radius 2 is 0.977 bits per heavy atom. The lowest BCUT2D eigenvalue weighted by Gasteiger charge is -2.28. The maximum Gasteiger partial charge on any atom is 0.410 e. The molecule has 44 heavy (non-hydrogen) atoms. The molecule has 2 aliphatic heterocycles. The minimum absolute atomic E-state index is 0.227. The molecule has 2 aliphatic rings. The smallest absolute Gasteiger partial charge is 0.410 e.